The number of aryl methyl sites for hydroxylation is 2. The van der Waals surface area contributed by atoms with E-state index in [1.165, 1.54) is 0 Å². The molecule has 1 atom stereocenters. The maximum Gasteiger partial charge on any atom is 0.241 e. The minimum Gasteiger partial charge on any atom is -0.383 e. The Bertz CT molecular complexity index is 689. The number of rotatable bonds is 5. The second-order valence-electron chi connectivity index (χ2n) is 5.60. The van der Waals surface area contributed by atoms with Gasteiger partial charge in [-0.25, -0.2) is 0 Å². The van der Waals surface area contributed by atoms with Crippen LogP contribution in [0.3, 0.4) is 0 Å². The fraction of sp³-hybridized carbons (Fsp3) is 0.500. The summed E-state index contributed by atoms with van der Waals surface area (Å²) in [6.07, 6.45) is 3.29. The molecule has 0 aliphatic carbocycles. The van der Waals surface area contributed by atoms with Crippen molar-refractivity contribution < 1.29 is 9.90 Å². The van der Waals surface area contributed by atoms with Crippen LogP contribution in [-0.4, -0.2) is 37.1 Å². The molecule has 2 N–H and O–H groups in total. The van der Waals surface area contributed by atoms with Crippen LogP contribution in [-0.2, 0) is 24.0 Å². The highest BCUT2D eigenvalue weighted by Crippen LogP contribution is 2.19. The Hall–Kier alpha value is -1.86. The van der Waals surface area contributed by atoms with E-state index < -0.39 is 5.60 Å². The molecule has 1 amide bonds. The van der Waals surface area contributed by atoms with Crippen molar-refractivity contribution in [2.45, 2.75) is 32.9 Å². The summed E-state index contributed by atoms with van der Waals surface area (Å²) in [5, 5.41) is 21.9. The number of amides is 1. The van der Waals surface area contributed by atoms with Gasteiger partial charge in [-0.3, -0.25) is 14.2 Å². The summed E-state index contributed by atoms with van der Waals surface area (Å²) in [4.78, 5) is 12.0. The number of aromatic nitrogens is 4. The largest absolute Gasteiger partial charge is 0.383 e. The van der Waals surface area contributed by atoms with Crippen LogP contribution in [0.1, 0.15) is 23.9 Å². The number of aliphatic hydroxyl groups is 1. The quantitative estimate of drug-likeness (QED) is 0.855. The number of hydrogen-bond donors (Lipinski definition) is 2. The van der Waals surface area contributed by atoms with Gasteiger partial charge in [0, 0.05) is 18.8 Å². The Morgan fingerprint density at radius 3 is 2.68 bits per heavy atom. The minimum absolute atomic E-state index is 0.0580. The van der Waals surface area contributed by atoms with E-state index in [0.29, 0.717) is 16.3 Å². The van der Waals surface area contributed by atoms with Crippen molar-refractivity contribution in [1.29, 1.82) is 0 Å². The molecule has 0 aromatic carbocycles. The molecule has 0 fully saturated rings. The molecule has 7 nitrogen and oxygen atoms in total. The highest BCUT2D eigenvalue weighted by atomic mass is 35.5. The Balaban J connectivity index is 1.96. The highest BCUT2D eigenvalue weighted by Gasteiger charge is 2.25. The lowest BCUT2D eigenvalue weighted by Crippen LogP contribution is -2.40. The van der Waals surface area contributed by atoms with Crippen LogP contribution >= 0.6 is 11.6 Å². The lowest BCUT2D eigenvalue weighted by molar-refractivity contribution is -0.123. The molecule has 2 rings (SSSR count). The van der Waals surface area contributed by atoms with Crippen LogP contribution in [0.2, 0.25) is 5.02 Å². The van der Waals surface area contributed by atoms with Gasteiger partial charge in [-0.2, -0.15) is 10.2 Å². The zero-order chi connectivity index (χ0) is 16.5. The number of halogens is 1. The van der Waals surface area contributed by atoms with E-state index in [-0.39, 0.29) is 19.0 Å². The minimum atomic E-state index is -1.18. The average molecular weight is 326 g/mol. The van der Waals surface area contributed by atoms with Gasteiger partial charge in [0.15, 0.2) is 0 Å². The molecule has 2 aromatic heterocycles. The predicted molar refractivity (Wildman–Crippen MR) is 82.5 cm³/mol. The van der Waals surface area contributed by atoms with Crippen molar-refractivity contribution in [2.24, 2.45) is 7.05 Å². The molecule has 1 unspecified atom stereocenters. The second-order valence-corrected chi connectivity index (χ2v) is 5.97. The third-order valence-electron chi connectivity index (χ3n) is 3.54. The van der Waals surface area contributed by atoms with Gasteiger partial charge in [0.1, 0.15) is 12.1 Å². The summed E-state index contributed by atoms with van der Waals surface area (Å²) in [6.45, 7) is 5.37. The maximum atomic E-state index is 12.0. The lowest BCUT2D eigenvalue weighted by Gasteiger charge is -2.22. The molecule has 0 bridgehead atoms. The zero-order valence-electron chi connectivity index (χ0n) is 13.1. The van der Waals surface area contributed by atoms with E-state index in [9.17, 15) is 9.90 Å². The van der Waals surface area contributed by atoms with Gasteiger partial charge in [0.05, 0.1) is 29.2 Å². The first-order valence-electron chi connectivity index (χ1n) is 6.88. The van der Waals surface area contributed by atoms with Gasteiger partial charge in [-0.1, -0.05) is 11.6 Å². The Morgan fingerprint density at radius 2 is 2.18 bits per heavy atom. The van der Waals surface area contributed by atoms with Gasteiger partial charge in [0.2, 0.25) is 5.91 Å². The lowest BCUT2D eigenvalue weighted by atomic mass is 10.00. The van der Waals surface area contributed by atoms with Crippen molar-refractivity contribution in [3.63, 3.8) is 0 Å². The molecule has 120 valence electrons. The number of nitrogens with one attached hydrogen (secondary N) is 1. The summed E-state index contributed by atoms with van der Waals surface area (Å²) in [5.41, 5.74) is 0.892. The molecule has 0 aliphatic heterocycles. The summed E-state index contributed by atoms with van der Waals surface area (Å²) < 4.78 is 3.15. The van der Waals surface area contributed by atoms with Crippen molar-refractivity contribution in [1.82, 2.24) is 24.9 Å². The Morgan fingerprint density at radius 1 is 1.50 bits per heavy atom. The number of nitrogens with zero attached hydrogens (tertiary/aromatic N) is 4. The highest BCUT2D eigenvalue weighted by molar-refractivity contribution is 6.31. The van der Waals surface area contributed by atoms with Crippen LogP contribution in [0.4, 0.5) is 0 Å². The van der Waals surface area contributed by atoms with Crippen molar-refractivity contribution in [3.8, 4) is 0 Å². The standard InChI is InChI=1S/C14H20ClN5O2/c1-9-13(15)10(2)20(18-9)7-12(21)16-8-14(3,22)11-5-17-19(4)6-11/h5-6,22H,7-8H2,1-4H3,(H,16,21). The van der Waals surface area contributed by atoms with Gasteiger partial charge < -0.3 is 10.4 Å². The molecule has 2 heterocycles. The first kappa shape index (κ1) is 16.5. The first-order chi connectivity index (χ1) is 10.2. The van der Waals surface area contributed by atoms with Crippen LogP contribution in [0, 0.1) is 13.8 Å². The zero-order valence-corrected chi connectivity index (χ0v) is 13.8. The number of carbonyl (C=O) groups excluding carboxylic acids is 1. The van der Waals surface area contributed by atoms with E-state index in [2.05, 4.69) is 15.5 Å². The third-order valence-corrected chi connectivity index (χ3v) is 4.09. The summed E-state index contributed by atoms with van der Waals surface area (Å²) in [5.74, 6) is -0.244. The van der Waals surface area contributed by atoms with E-state index in [1.807, 2.05) is 0 Å². The molecular formula is C14H20ClN5O2. The Kier molecular flexibility index (Phi) is 4.58. The van der Waals surface area contributed by atoms with Gasteiger partial charge in [0.25, 0.3) is 0 Å². The number of carbonyl (C=O) groups is 1. The molecule has 0 saturated carbocycles. The van der Waals surface area contributed by atoms with E-state index in [4.69, 9.17) is 11.6 Å². The number of hydrogen-bond acceptors (Lipinski definition) is 4. The smallest absolute Gasteiger partial charge is 0.241 e. The van der Waals surface area contributed by atoms with Crippen LogP contribution < -0.4 is 5.32 Å². The van der Waals surface area contributed by atoms with E-state index >= 15 is 0 Å². The molecule has 8 heteroatoms. The Labute approximate surface area is 133 Å². The maximum absolute atomic E-state index is 12.0. The SMILES string of the molecule is Cc1nn(CC(=O)NCC(C)(O)c2cnn(C)c2)c(C)c1Cl. The summed E-state index contributed by atoms with van der Waals surface area (Å²) in [7, 11) is 1.77. The van der Waals surface area contributed by atoms with Crippen molar-refractivity contribution >= 4 is 17.5 Å². The van der Waals surface area contributed by atoms with E-state index in [0.717, 1.165) is 5.69 Å². The monoisotopic (exact) mass is 325 g/mol. The van der Waals surface area contributed by atoms with E-state index in [1.54, 1.807) is 49.6 Å². The van der Waals surface area contributed by atoms with Crippen molar-refractivity contribution in [3.05, 3.63) is 34.4 Å². The fourth-order valence-electron chi connectivity index (χ4n) is 2.09. The van der Waals surface area contributed by atoms with Gasteiger partial charge >= 0.3 is 0 Å². The fourth-order valence-corrected chi connectivity index (χ4v) is 2.23. The van der Waals surface area contributed by atoms with Crippen LogP contribution in [0.15, 0.2) is 12.4 Å². The summed E-state index contributed by atoms with van der Waals surface area (Å²) >= 11 is 6.05. The normalized spacial score (nSPS) is 13.9. The molecule has 0 saturated heterocycles. The molecule has 0 spiro atoms. The molecule has 0 radical (unpaired) electrons. The summed E-state index contributed by atoms with van der Waals surface area (Å²) in [6, 6.07) is 0. The first-order valence-corrected chi connectivity index (χ1v) is 7.26. The van der Waals surface area contributed by atoms with Gasteiger partial charge in [-0.05, 0) is 20.8 Å². The molecule has 2 aromatic rings. The topological polar surface area (TPSA) is 85.0 Å². The van der Waals surface area contributed by atoms with Gasteiger partial charge in [-0.15, -0.1) is 0 Å². The van der Waals surface area contributed by atoms with Crippen LogP contribution in [0.5, 0.6) is 0 Å². The second kappa shape index (κ2) is 6.10. The molecule has 0 aliphatic rings. The molecular weight excluding hydrogens is 306 g/mol. The molecule has 22 heavy (non-hydrogen) atoms. The van der Waals surface area contributed by atoms with Crippen LogP contribution in [0.25, 0.3) is 0 Å². The average Bonchev–Trinajstić information content (AvgIpc) is 2.98. The third kappa shape index (κ3) is 3.48. The predicted octanol–water partition coefficient (Wildman–Crippen LogP) is 0.911. The van der Waals surface area contributed by atoms with Crippen molar-refractivity contribution in [2.75, 3.05) is 6.54 Å².